The maximum atomic E-state index is 12.4. The van der Waals surface area contributed by atoms with Crippen molar-refractivity contribution in [3.05, 3.63) is 29.8 Å². The number of hydrogen-bond acceptors (Lipinski definition) is 2. The van der Waals surface area contributed by atoms with Crippen LogP contribution in [0.1, 0.15) is 50.6 Å². The second kappa shape index (κ2) is 6.85. The van der Waals surface area contributed by atoms with E-state index in [1.54, 1.807) is 12.1 Å². The van der Waals surface area contributed by atoms with Gasteiger partial charge in [0.25, 0.3) is 0 Å². The van der Waals surface area contributed by atoms with Gasteiger partial charge in [0, 0.05) is 17.6 Å². The molecule has 1 atom stereocenters. The lowest BCUT2D eigenvalue weighted by Crippen LogP contribution is -2.33. The first-order valence-electron chi connectivity index (χ1n) is 6.96. The summed E-state index contributed by atoms with van der Waals surface area (Å²) >= 11 is 0. The molecule has 0 bridgehead atoms. The lowest BCUT2D eigenvalue weighted by Gasteiger charge is -2.27. The molecular formula is C15H21F2NO. The fourth-order valence-electron chi connectivity index (χ4n) is 2.75. The second-order valence-corrected chi connectivity index (χ2v) is 5.14. The molecule has 0 amide bonds. The topological polar surface area (TPSA) is 21.3 Å². The fourth-order valence-corrected chi connectivity index (χ4v) is 2.75. The number of nitrogens with one attached hydrogen (secondary N) is 1. The van der Waals surface area contributed by atoms with E-state index in [2.05, 4.69) is 10.1 Å². The van der Waals surface area contributed by atoms with Gasteiger partial charge in [0.1, 0.15) is 5.75 Å². The van der Waals surface area contributed by atoms with Crippen LogP contribution in [0.5, 0.6) is 5.75 Å². The molecule has 1 aromatic rings. The van der Waals surface area contributed by atoms with Crippen molar-refractivity contribution in [3.8, 4) is 5.75 Å². The zero-order chi connectivity index (χ0) is 13.7. The van der Waals surface area contributed by atoms with Crippen LogP contribution in [0.2, 0.25) is 0 Å². The lowest BCUT2D eigenvalue weighted by atomic mass is 9.94. The summed E-state index contributed by atoms with van der Waals surface area (Å²) in [6.45, 7) is -0.773. The molecule has 106 valence electrons. The predicted molar refractivity (Wildman–Crippen MR) is 71.5 cm³/mol. The number of alkyl halides is 2. The first-order valence-corrected chi connectivity index (χ1v) is 6.96. The van der Waals surface area contributed by atoms with Crippen molar-refractivity contribution in [2.24, 2.45) is 0 Å². The molecule has 1 aliphatic carbocycles. The van der Waals surface area contributed by atoms with Gasteiger partial charge < -0.3 is 10.1 Å². The summed E-state index contributed by atoms with van der Waals surface area (Å²) in [6, 6.07) is 7.53. The van der Waals surface area contributed by atoms with Crippen LogP contribution >= 0.6 is 0 Å². The molecule has 0 spiro atoms. The largest absolute Gasteiger partial charge is 0.434 e. The normalized spacial score (nSPS) is 18.5. The summed E-state index contributed by atoms with van der Waals surface area (Å²) in [7, 11) is 0. The summed E-state index contributed by atoms with van der Waals surface area (Å²) < 4.78 is 29.3. The molecule has 19 heavy (non-hydrogen) atoms. The van der Waals surface area contributed by atoms with Crippen LogP contribution in [0.15, 0.2) is 24.3 Å². The third kappa shape index (κ3) is 4.16. The lowest BCUT2D eigenvalue weighted by molar-refractivity contribution is -0.0507. The summed E-state index contributed by atoms with van der Waals surface area (Å²) in [5.74, 6) is 0.272. The molecule has 0 aromatic heterocycles. The highest BCUT2D eigenvalue weighted by Crippen LogP contribution is 2.28. The van der Waals surface area contributed by atoms with Crippen LogP contribution in [0, 0.1) is 0 Å². The Balaban J connectivity index is 2.02. The molecule has 4 heteroatoms. The van der Waals surface area contributed by atoms with Crippen LogP contribution in [0.4, 0.5) is 8.78 Å². The molecule has 2 rings (SSSR count). The van der Waals surface area contributed by atoms with E-state index in [1.807, 2.05) is 19.1 Å². The van der Waals surface area contributed by atoms with Gasteiger partial charge in [-0.05, 0) is 25.8 Å². The Morgan fingerprint density at radius 1 is 1.16 bits per heavy atom. The highest BCUT2D eigenvalue weighted by molar-refractivity contribution is 5.35. The van der Waals surface area contributed by atoms with Gasteiger partial charge in [-0.25, -0.2) is 0 Å². The van der Waals surface area contributed by atoms with Crippen molar-refractivity contribution >= 4 is 0 Å². The first kappa shape index (κ1) is 14.3. The number of rotatable bonds is 5. The van der Waals surface area contributed by atoms with Gasteiger partial charge in [0.15, 0.2) is 0 Å². The Bertz CT molecular complexity index is 391. The van der Waals surface area contributed by atoms with Gasteiger partial charge in [-0.2, -0.15) is 8.78 Å². The van der Waals surface area contributed by atoms with Crippen molar-refractivity contribution in [2.45, 2.75) is 57.7 Å². The number of benzene rings is 1. The molecule has 0 saturated heterocycles. The average Bonchev–Trinajstić information content (AvgIpc) is 2.39. The van der Waals surface area contributed by atoms with Gasteiger partial charge in [0.2, 0.25) is 0 Å². The third-order valence-electron chi connectivity index (χ3n) is 3.69. The van der Waals surface area contributed by atoms with Crippen LogP contribution in [0.3, 0.4) is 0 Å². The van der Waals surface area contributed by atoms with E-state index in [1.165, 1.54) is 32.1 Å². The van der Waals surface area contributed by atoms with Crippen LogP contribution in [-0.4, -0.2) is 12.7 Å². The Morgan fingerprint density at radius 3 is 2.53 bits per heavy atom. The zero-order valence-electron chi connectivity index (χ0n) is 11.2. The molecule has 2 nitrogen and oxygen atoms in total. The van der Waals surface area contributed by atoms with Crippen molar-refractivity contribution in [1.29, 1.82) is 0 Å². The van der Waals surface area contributed by atoms with Gasteiger partial charge >= 0.3 is 6.61 Å². The maximum absolute atomic E-state index is 12.4. The molecule has 0 heterocycles. The number of halogens is 2. The van der Waals surface area contributed by atoms with E-state index in [0.29, 0.717) is 6.04 Å². The molecule has 1 fully saturated rings. The molecule has 0 aliphatic heterocycles. The molecule has 1 N–H and O–H groups in total. The molecule has 1 unspecified atom stereocenters. The number of ether oxygens (including phenoxy) is 1. The molecule has 1 aromatic carbocycles. The Hall–Kier alpha value is -1.16. The number of para-hydroxylation sites is 1. The van der Waals surface area contributed by atoms with E-state index < -0.39 is 6.61 Å². The van der Waals surface area contributed by atoms with Gasteiger partial charge in [-0.15, -0.1) is 0 Å². The van der Waals surface area contributed by atoms with E-state index in [9.17, 15) is 8.78 Å². The molecule has 1 saturated carbocycles. The smallest absolute Gasteiger partial charge is 0.387 e. The Morgan fingerprint density at radius 2 is 1.84 bits per heavy atom. The standard InChI is InChI=1S/C15H21F2NO/c1-11(18-12-7-3-2-4-8-12)13-9-5-6-10-14(13)19-15(16)17/h5-6,9-12,15,18H,2-4,7-8H2,1H3. The zero-order valence-corrected chi connectivity index (χ0v) is 11.2. The van der Waals surface area contributed by atoms with Crippen molar-refractivity contribution in [2.75, 3.05) is 0 Å². The molecule has 1 aliphatic rings. The van der Waals surface area contributed by atoms with Gasteiger partial charge in [-0.1, -0.05) is 37.5 Å². The van der Waals surface area contributed by atoms with E-state index >= 15 is 0 Å². The Labute approximate surface area is 113 Å². The van der Waals surface area contributed by atoms with Gasteiger partial charge in [0.05, 0.1) is 0 Å². The first-order chi connectivity index (χ1) is 9.16. The van der Waals surface area contributed by atoms with E-state index in [4.69, 9.17) is 0 Å². The number of hydrogen-bond donors (Lipinski definition) is 1. The van der Waals surface area contributed by atoms with Crippen molar-refractivity contribution in [1.82, 2.24) is 5.32 Å². The molecule has 0 radical (unpaired) electrons. The van der Waals surface area contributed by atoms with Crippen molar-refractivity contribution in [3.63, 3.8) is 0 Å². The average molecular weight is 269 g/mol. The van der Waals surface area contributed by atoms with Gasteiger partial charge in [-0.3, -0.25) is 0 Å². The van der Waals surface area contributed by atoms with E-state index in [0.717, 1.165) is 5.56 Å². The van der Waals surface area contributed by atoms with Crippen LogP contribution < -0.4 is 10.1 Å². The summed E-state index contributed by atoms with van der Waals surface area (Å²) in [5, 5.41) is 3.52. The van der Waals surface area contributed by atoms with Crippen LogP contribution in [0.25, 0.3) is 0 Å². The monoisotopic (exact) mass is 269 g/mol. The quantitative estimate of drug-likeness (QED) is 0.861. The highest BCUT2D eigenvalue weighted by atomic mass is 19.3. The fraction of sp³-hybridized carbons (Fsp3) is 0.600. The van der Waals surface area contributed by atoms with Crippen LogP contribution in [-0.2, 0) is 0 Å². The Kier molecular flexibility index (Phi) is 5.14. The summed E-state index contributed by atoms with van der Waals surface area (Å²) in [5.41, 5.74) is 0.799. The highest BCUT2D eigenvalue weighted by Gasteiger charge is 2.19. The summed E-state index contributed by atoms with van der Waals surface area (Å²) in [6.07, 6.45) is 6.14. The van der Waals surface area contributed by atoms with E-state index in [-0.39, 0.29) is 11.8 Å². The molecular weight excluding hydrogens is 248 g/mol. The summed E-state index contributed by atoms with van der Waals surface area (Å²) in [4.78, 5) is 0. The minimum Gasteiger partial charge on any atom is -0.434 e. The third-order valence-corrected chi connectivity index (χ3v) is 3.69. The minimum atomic E-state index is -2.77. The predicted octanol–water partition coefficient (Wildman–Crippen LogP) is 4.27. The SMILES string of the molecule is CC(NC1CCCCC1)c1ccccc1OC(F)F. The second-order valence-electron chi connectivity index (χ2n) is 5.14. The minimum absolute atomic E-state index is 0.0260. The maximum Gasteiger partial charge on any atom is 0.387 e. The van der Waals surface area contributed by atoms with Crippen molar-refractivity contribution < 1.29 is 13.5 Å².